The van der Waals surface area contributed by atoms with Gasteiger partial charge in [-0.25, -0.2) is 4.68 Å². The standard InChI is InChI=1S/C26H25N3O3S/c1-17-10-12-27-29(17)20-8-6-18(7-9-20)26(30)28-13-11-19-15-22(31-2)23(32-3)16-21(19)25(28)24-5-4-14-33-24/h4-10,12,14-16,25H,11,13H2,1-3H3. The van der Waals surface area contributed by atoms with E-state index in [-0.39, 0.29) is 11.9 Å². The molecule has 6 nitrogen and oxygen atoms in total. The van der Waals surface area contributed by atoms with E-state index >= 15 is 0 Å². The van der Waals surface area contributed by atoms with Crippen LogP contribution in [-0.2, 0) is 6.42 Å². The van der Waals surface area contributed by atoms with E-state index in [9.17, 15) is 4.79 Å². The van der Waals surface area contributed by atoms with Gasteiger partial charge in [0.1, 0.15) is 0 Å². The third-order valence-corrected chi connectivity index (χ3v) is 7.06. The second-order valence-electron chi connectivity index (χ2n) is 8.00. The summed E-state index contributed by atoms with van der Waals surface area (Å²) in [5.41, 5.74) is 4.90. The van der Waals surface area contributed by atoms with Crippen LogP contribution in [0, 0.1) is 6.92 Å². The van der Waals surface area contributed by atoms with Crippen LogP contribution in [0.15, 0.2) is 66.2 Å². The summed E-state index contributed by atoms with van der Waals surface area (Å²) in [6.45, 7) is 2.63. The Morgan fingerprint density at radius 1 is 1.06 bits per heavy atom. The summed E-state index contributed by atoms with van der Waals surface area (Å²) < 4.78 is 12.9. The molecule has 1 aliphatic rings. The first kappa shape index (κ1) is 21.3. The second kappa shape index (κ2) is 8.75. The molecule has 7 heteroatoms. The summed E-state index contributed by atoms with van der Waals surface area (Å²) in [7, 11) is 3.28. The van der Waals surface area contributed by atoms with Crippen LogP contribution in [0.4, 0.5) is 0 Å². The van der Waals surface area contributed by atoms with Crippen molar-refractivity contribution < 1.29 is 14.3 Å². The highest BCUT2D eigenvalue weighted by Gasteiger charge is 2.34. The molecular weight excluding hydrogens is 434 g/mol. The average molecular weight is 460 g/mol. The van der Waals surface area contributed by atoms with E-state index in [0.717, 1.165) is 28.2 Å². The zero-order valence-electron chi connectivity index (χ0n) is 18.8. The number of thiophene rings is 1. The number of hydrogen-bond donors (Lipinski definition) is 0. The molecular formula is C26H25N3O3S. The first-order valence-corrected chi connectivity index (χ1v) is 11.7. The van der Waals surface area contributed by atoms with Crippen molar-refractivity contribution in [2.45, 2.75) is 19.4 Å². The van der Waals surface area contributed by atoms with Crippen molar-refractivity contribution in [2.75, 3.05) is 20.8 Å². The van der Waals surface area contributed by atoms with Crippen molar-refractivity contribution in [3.05, 3.63) is 93.4 Å². The number of aromatic nitrogens is 2. The molecule has 1 aliphatic heterocycles. The molecule has 0 bridgehead atoms. The third kappa shape index (κ3) is 3.78. The summed E-state index contributed by atoms with van der Waals surface area (Å²) in [5.74, 6) is 1.40. The summed E-state index contributed by atoms with van der Waals surface area (Å²) in [6, 6.07) is 17.6. The SMILES string of the molecule is COc1cc2c(cc1OC)C(c1cccs1)N(C(=O)c1ccc(-n3nccc3C)cc1)CC2. The molecule has 168 valence electrons. The number of amides is 1. The van der Waals surface area contributed by atoms with Gasteiger partial charge in [0.25, 0.3) is 5.91 Å². The highest BCUT2D eigenvalue weighted by atomic mass is 32.1. The topological polar surface area (TPSA) is 56.6 Å². The van der Waals surface area contributed by atoms with Gasteiger partial charge in [0.15, 0.2) is 11.5 Å². The normalized spacial score (nSPS) is 15.2. The van der Waals surface area contributed by atoms with E-state index in [1.54, 1.807) is 31.8 Å². The van der Waals surface area contributed by atoms with Gasteiger partial charge in [-0.15, -0.1) is 11.3 Å². The van der Waals surface area contributed by atoms with Crippen LogP contribution < -0.4 is 9.47 Å². The molecule has 1 unspecified atom stereocenters. The fraction of sp³-hybridized carbons (Fsp3) is 0.231. The molecule has 1 atom stereocenters. The minimum atomic E-state index is -0.172. The largest absolute Gasteiger partial charge is 0.493 e. The lowest BCUT2D eigenvalue weighted by Crippen LogP contribution is -2.40. The summed E-state index contributed by atoms with van der Waals surface area (Å²) in [4.78, 5) is 16.8. The number of carbonyl (C=O) groups excluding carboxylic acids is 1. The molecule has 0 radical (unpaired) electrons. The molecule has 0 saturated carbocycles. The number of methoxy groups -OCH3 is 2. The molecule has 0 spiro atoms. The molecule has 0 aliphatic carbocycles. The predicted molar refractivity (Wildman–Crippen MR) is 129 cm³/mol. The number of fused-ring (bicyclic) bond motifs is 1. The van der Waals surface area contributed by atoms with Gasteiger partial charge in [0.2, 0.25) is 0 Å². The van der Waals surface area contributed by atoms with Crippen LogP contribution in [0.1, 0.15) is 38.1 Å². The smallest absolute Gasteiger partial charge is 0.254 e. The molecule has 4 aromatic rings. The van der Waals surface area contributed by atoms with E-state index < -0.39 is 0 Å². The van der Waals surface area contributed by atoms with Crippen LogP contribution in [0.2, 0.25) is 0 Å². The molecule has 5 rings (SSSR count). The average Bonchev–Trinajstić information content (AvgIpc) is 3.54. The molecule has 2 aromatic carbocycles. The quantitative estimate of drug-likeness (QED) is 0.419. The van der Waals surface area contributed by atoms with E-state index in [2.05, 4.69) is 11.2 Å². The minimum absolute atomic E-state index is 0.0116. The number of aryl methyl sites for hydroxylation is 1. The maximum atomic E-state index is 13.7. The highest BCUT2D eigenvalue weighted by molar-refractivity contribution is 7.10. The summed E-state index contributed by atoms with van der Waals surface area (Å²) in [6.07, 6.45) is 2.53. The first-order chi connectivity index (χ1) is 16.1. The number of benzene rings is 2. The van der Waals surface area contributed by atoms with Gasteiger partial charge in [-0.05, 0) is 78.4 Å². The first-order valence-electron chi connectivity index (χ1n) is 10.8. The Kier molecular flexibility index (Phi) is 5.64. The van der Waals surface area contributed by atoms with Gasteiger partial charge >= 0.3 is 0 Å². The van der Waals surface area contributed by atoms with Gasteiger partial charge in [-0.3, -0.25) is 4.79 Å². The van der Waals surface area contributed by atoms with Crippen molar-refractivity contribution >= 4 is 17.2 Å². The zero-order valence-corrected chi connectivity index (χ0v) is 19.6. The molecule has 1 amide bonds. The van der Waals surface area contributed by atoms with Gasteiger partial charge in [-0.1, -0.05) is 6.07 Å². The lowest BCUT2D eigenvalue weighted by atomic mass is 9.90. The Hall–Kier alpha value is -3.58. The fourth-order valence-electron chi connectivity index (χ4n) is 4.47. The van der Waals surface area contributed by atoms with Crippen molar-refractivity contribution in [3.63, 3.8) is 0 Å². The maximum absolute atomic E-state index is 13.7. The van der Waals surface area contributed by atoms with Crippen LogP contribution in [0.3, 0.4) is 0 Å². The van der Waals surface area contributed by atoms with Crippen LogP contribution in [-0.4, -0.2) is 41.4 Å². The number of nitrogens with zero attached hydrogens (tertiary/aromatic N) is 3. The van der Waals surface area contributed by atoms with Gasteiger partial charge in [0, 0.05) is 28.9 Å². The molecule has 0 fully saturated rings. The molecule has 33 heavy (non-hydrogen) atoms. The van der Waals surface area contributed by atoms with E-state index in [0.29, 0.717) is 23.6 Å². The summed E-state index contributed by atoms with van der Waals surface area (Å²) in [5, 5.41) is 6.40. The van der Waals surface area contributed by atoms with Gasteiger partial charge in [-0.2, -0.15) is 5.10 Å². The van der Waals surface area contributed by atoms with E-state index in [1.807, 2.05) is 70.4 Å². The number of carbonyl (C=O) groups is 1. The number of rotatable bonds is 5. The highest BCUT2D eigenvalue weighted by Crippen LogP contribution is 2.42. The predicted octanol–water partition coefficient (Wildman–Crippen LogP) is 5.05. The number of ether oxygens (including phenoxy) is 2. The summed E-state index contributed by atoms with van der Waals surface area (Å²) >= 11 is 1.66. The molecule has 0 saturated heterocycles. The number of hydrogen-bond acceptors (Lipinski definition) is 5. The lowest BCUT2D eigenvalue weighted by molar-refractivity contribution is 0.0697. The molecule has 2 aromatic heterocycles. The van der Waals surface area contributed by atoms with Crippen LogP contribution in [0.25, 0.3) is 5.69 Å². The molecule has 0 N–H and O–H groups in total. The van der Waals surface area contributed by atoms with Gasteiger partial charge < -0.3 is 14.4 Å². The Morgan fingerprint density at radius 3 is 2.45 bits per heavy atom. The Bertz CT molecular complexity index is 1280. The fourth-order valence-corrected chi connectivity index (χ4v) is 5.32. The van der Waals surface area contributed by atoms with Crippen molar-refractivity contribution in [3.8, 4) is 17.2 Å². The maximum Gasteiger partial charge on any atom is 0.254 e. The Morgan fingerprint density at radius 2 is 1.82 bits per heavy atom. The van der Waals surface area contributed by atoms with Gasteiger partial charge in [0.05, 0.1) is 25.9 Å². The van der Waals surface area contributed by atoms with Crippen LogP contribution >= 0.6 is 11.3 Å². The monoisotopic (exact) mass is 459 g/mol. The van der Waals surface area contributed by atoms with E-state index in [4.69, 9.17) is 9.47 Å². The Balaban J connectivity index is 1.52. The minimum Gasteiger partial charge on any atom is -0.493 e. The van der Waals surface area contributed by atoms with Crippen molar-refractivity contribution in [1.29, 1.82) is 0 Å². The lowest BCUT2D eigenvalue weighted by Gasteiger charge is -2.37. The van der Waals surface area contributed by atoms with E-state index in [1.165, 1.54) is 5.56 Å². The van der Waals surface area contributed by atoms with Crippen LogP contribution in [0.5, 0.6) is 11.5 Å². The third-order valence-electron chi connectivity index (χ3n) is 6.14. The van der Waals surface area contributed by atoms with Crippen molar-refractivity contribution in [2.24, 2.45) is 0 Å². The zero-order chi connectivity index (χ0) is 22.9. The van der Waals surface area contributed by atoms with Crippen molar-refractivity contribution in [1.82, 2.24) is 14.7 Å². The second-order valence-corrected chi connectivity index (χ2v) is 8.98. The molecule has 3 heterocycles. The Labute approximate surface area is 197 Å².